The predicted octanol–water partition coefficient (Wildman–Crippen LogP) is 5.34. The number of ether oxygens (including phenoxy) is 2. The summed E-state index contributed by atoms with van der Waals surface area (Å²) >= 11 is 0. The summed E-state index contributed by atoms with van der Waals surface area (Å²) in [5.41, 5.74) is 1.98. The first-order valence-electron chi connectivity index (χ1n) is 8.36. The summed E-state index contributed by atoms with van der Waals surface area (Å²) in [5, 5.41) is 0. The predicted molar refractivity (Wildman–Crippen MR) is 98.7 cm³/mol. The van der Waals surface area contributed by atoms with E-state index in [0.717, 1.165) is 36.1 Å². The van der Waals surface area contributed by atoms with E-state index in [9.17, 15) is 0 Å². The Bertz CT molecular complexity index is 680. The molecule has 0 aliphatic carbocycles. The average molecular weight is 320 g/mol. The maximum atomic E-state index is 5.93. The molecule has 24 heavy (non-hydrogen) atoms. The molecule has 0 spiro atoms. The van der Waals surface area contributed by atoms with E-state index in [1.165, 1.54) is 0 Å². The van der Waals surface area contributed by atoms with Gasteiger partial charge in [-0.3, -0.25) is 0 Å². The Morgan fingerprint density at radius 2 is 1.83 bits per heavy atom. The lowest BCUT2D eigenvalue weighted by molar-refractivity contribution is -0.0554. The van der Waals surface area contributed by atoms with Crippen LogP contribution in [0.5, 0.6) is 5.75 Å². The minimum absolute atomic E-state index is 0.474. The van der Waals surface area contributed by atoms with Gasteiger partial charge in [-0.2, -0.15) is 0 Å². The van der Waals surface area contributed by atoms with Crippen molar-refractivity contribution in [3.8, 4) is 17.6 Å². The normalized spacial score (nSPS) is 11.2. The highest BCUT2D eigenvalue weighted by molar-refractivity contribution is 5.46. The lowest BCUT2D eigenvalue weighted by Gasteiger charge is -2.17. The van der Waals surface area contributed by atoms with Crippen molar-refractivity contribution in [2.75, 3.05) is 0 Å². The highest BCUT2D eigenvalue weighted by Crippen LogP contribution is 2.19. The fourth-order valence-corrected chi connectivity index (χ4v) is 2.12. The highest BCUT2D eigenvalue weighted by Gasteiger charge is 2.09. The van der Waals surface area contributed by atoms with Gasteiger partial charge in [0.15, 0.2) is 0 Å². The number of benzene rings is 2. The number of rotatable bonds is 8. The molecule has 124 valence electrons. The van der Waals surface area contributed by atoms with Crippen molar-refractivity contribution in [2.24, 2.45) is 0 Å². The van der Waals surface area contributed by atoms with Crippen LogP contribution in [0.4, 0.5) is 0 Å². The van der Waals surface area contributed by atoms with Gasteiger partial charge < -0.3 is 9.47 Å². The molecule has 0 aliphatic heterocycles. The Morgan fingerprint density at radius 3 is 2.58 bits per heavy atom. The second kappa shape index (κ2) is 10.3. The highest BCUT2D eigenvalue weighted by atomic mass is 16.7. The number of para-hydroxylation sites is 1. The molecular weight excluding hydrogens is 296 g/mol. The maximum absolute atomic E-state index is 5.93. The molecular formula is C22H24O2. The molecule has 2 nitrogen and oxygen atoms in total. The molecule has 0 saturated carbocycles. The zero-order valence-electron chi connectivity index (χ0n) is 14.2. The van der Waals surface area contributed by atoms with Crippen molar-refractivity contribution in [2.45, 2.75) is 39.1 Å². The van der Waals surface area contributed by atoms with Crippen LogP contribution in [0.15, 0.2) is 67.3 Å². The van der Waals surface area contributed by atoms with Gasteiger partial charge in [0.2, 0.25) is 6.29 Å². The summed E-state index contributed by atoms with van der Waals surface area (Å²) in [4.78, 5) is 0. The first-order chi connectivity index (χ1) is 11.8. The third-order valence-electron chi connectivity index (χ3n) is 3.46. The molecule has 0 aromatic heterocycles. The van der Waals surface area contributed by atoms with E-state index in [1.54, 1.807) is 6.08 Å². The van der Waals surface area contributed by atoms with E-state index >= 15 is 0 Å². The van der Waals surface area contributed by atoms with Crippen LogP contribution in [0, 0.1) is 11.8 Å². The van der Waals surface area contributed by atoms with Gasteiger partial charge in [0.25, 0.3) is 0 Å². The molecule has 1 unspecified atom stereocenters. The van der Waals surface area contributed by atoms with Crippen molar-refractivity contribution < 1.29 is 9.47 Å². The third-order valence-corrected chi connectivity index (χ3v) is 3.46. The zero-order valence-corrected chi connectivity index (χ0v) is 14.2. The number of unbranched alkanes of at least 4 members (excludes halogenated alkanes) is 2. The lowest BCUT2D eigenvalue weighted by atomic mass is 10.2. The summed E-state index contributed by atoms with van der Waals surface area (Å²) in [6, 6.07) is 17.8. The maximum Gasteiger partial charge on any atom is 0.219 e. The zero-order chi connectivity index (χ0) is 17.0. The van der Waals surface area contributed by atoms with Gasteiger partial charge in [-0.25, -0.2) is 0 Å². The Balaban J connectivity index is 1.99. The summed E-state index contributed by atoms with van der Waals surface area (Å²) in [5.74, 6) is 7.10. The van der Waals surface area contributed by atoms with E-state index in [1.807, 2.05) is 54.6 Å². The second-order valence-corrected chi connectivity index (χ2v) is 5.42. The quantitative estimate of drug-likeness (QED) is 0.283. The SMILES string of the molecule is C=CC(OCc1ccccc1)Oc1ccccc1C#CCCCC. The van der Waals surface area contributed by atoms with Crippen molar-refractivity contribution >= 4 is 0 Å². The van der Waals surface area contributed by atoms with Crippen LogP contribution >= 0.6 is 0 Å². The third kappa shape index (κ3) is 5.95. The summed E-state index contributed by atoms with van der Waals surface area (Å²) in [6.07, 6.45) is 4.32. The van der Waals surface area contributed by atoms with Gasteiger partial charge in [0.1, 0.15) is 5.75 Å². The van der Waals surface area contributed by atoms with E-state index in [0.29, 0.717) is 6.61 Å². The van der Waals surface area contributed by atoms with Crippen LogP contribution in [0.1, 0.15) is 37.3 Å². The van der Waals surface area contributed by atoms with Gasteiger partial charge in [-0.1, -0.05) is 74.2 Å². The van der Waals surface area contributed by atoms with Crippen molar-refractivity contribution in [3.05, 3.63) is 78.4 Å². The fraction of sp³-hybridized carbons (Fsp3) is 0.273. The minimum Gasteiger partial charge on any atom is -0.460 e. The van der Waals surface area contributed by atoms with Crippen LogP contribution in [0.2, 0.25) is 0 Å². The van der Waals surface area contributed by atoms with Gasteiger partial charge in [-0.15, -0.1) is 0 Å². The van der Waals surface area contributed by atoms with E-state index in [4.69, 9.17) is 9.47 Å². The molecule has 2 heteroatoms. The van der Waals surface area contributed by atoms with Crippen LogP contribution in [-0.4, -0.2) is 6.29 Å². The molecule has 0 aliphatic rings. The first kappa shape index (κ1) is 17.8. The van der Waals surface area contributed by atoms with Gasteiger partial charge in [0.05, 0.1) is 12.2 Å². The molecule has 0 heterocycles. The van der Waals surface area contributed by atoms with E-state index in [-0.39, 0.29) is 0 Å². The number of hydrogen-bond donors (Lipinski definition) is 0. The van der Waals surface area contributed by atoms with Crippen LogP contribution in [0.25, 0.3) is 0 Å². The molecule has 0 saturated heterocycles. The molecule has 0 bridgehead atoms. The van der Waals surface area contributed by atoms with E-state index in [2.05, 4.69) is 25.3 Å². The Morgan fingerprint density at radius 1 is 1.08 bits per heavy atom. The Hall–Kier alpha value is -2.50. The van der Waals surface area contributed by atoms with Crippen molar-refractivity contribution in [1.82, 2.24) is 0 Å². The average Bonchev–Trinajstić information content (AvgIpc) is 2.64. The minimum atomic E-state index is -0.510. The fourth-order valence-electron chi connectivity index (χ4n) is 2.12. The Kier molecular flexibility index (Phi) is 7.67. The second-order valence-electron chi connectivity index (χ2n) is 5.42. The van der Waals surface area contributed by atoms with Crippen LogP contribution in [0.3, 0.4) is 0 Å². The van der Waals surface area contributed by atoms with Crippen LogP contribution in [-0.2, 0) is 11.3 Å². The van der Waals surface area contributed by atoms with Gasteiger partial charge >= 0.3 is 0 Å². The molecule has 0 fully saturated rings. The summed E-state index contributed by atoms with van der Waals surface area (Å²) in [7, 11) is 0. The molecule has 2 aromatic carbocycles. The smallest absolute Gasteiger partial charge is 0.219 e. The van der Waals surface area contributed by atoms with E-state index < -0.39 is 6.29 Å². The first-order valence-corrected chi connectivity index (χ1v) is 8.36. The lowest BCUT2D eigenvalue weighted by Crippen LogP contribution is -2.18. The molecule has 0 amide bonds. The van der Waals surface area contributed by atoms with Gasteiger partial charge in [0, 0.05) is 6.42 Å². The Labute approximate surface area is 145 Å². The van der Waals surface area contributed by atoms with Crippen molar-refractivity contribution in [1.29, 1.82) is 0 Å². The number of hydrogen-bond acceptors (Lipinski definition) is 2. The topological polar surface area (TPSA) is 18.5 Å². The molecule has 0 N–H and O–H groups in total. The standard InChI is InChI=1S/C22H24O2/c1-3-5-6-10-15-20-16-11-12-17-21(20)24-22(4-2)23-18-19-13-8-7-9-14-19/h4,7-9,11-14,16-17,22H,2-3,5-6,18H2,1H3. The summed E-state index contributed by atoms with van der Waals surface area (Å²) < 4.78 is 11.7. The van der Waals surface area contributed by atoms with Crippen molar-refractivity contribution in [3.63, 3.8) is 0 Å². The van der Waals surface area contributed by atoms with Gasteiger partial charge in [-0.05, 0) is 30.2 Å². The molecule has 2 aromatic rings. The molecule has 1 atom stereocenters. The molecule has 0 radical (unpaired) electrons. The van der Waals surface area contributed by atoms with Crippen LogP contribution < -0.4 is 4.74 Å². The monoisotopic (exact) mass is 320 g/mol. The molecule has 2 rings (SSSR count). The largest absolute Gasteiger partial charge is 0.460 e. The summed E-state index contributed by atoms with van der Waals surface area (Å²) in [6.45, 7) is 6.44.